The van der Waals surface area contributed by atoms with Crippen LogP contribution in [-0.4, -0.2) is 24.7 Å². The van der Waals surface area contributed by atoms with Crippen LogP contribution < -0.4 is 9.64 Å². The van der Waals surface area contributed by atoms with Gasteiger partial charge in [-0.15, -0.1) is 0 Å². The number of ether oxygens (including phenoxy) is 1. The van der Waals surface area contributed by atoms with E-state index < -0.39 is 11.9 Å². The minimum atomic E-state index is -0.502. The van der Waals surface area contributed by atoms with Gasteiger partial charge in [-0.3, -0.25) is 14.4 Å². The fourth-order valence-electron chi connectivity index (χ4n) is 2.92. The number of anilines is 1. The highest BCUT2D eigenvalue weighted by atomic mass is 16.5. The molecule has 2 aromatic carbocycles. The van der Waals surface area contributed by atoms with Crippen molar-refractivity contribution in [2.24, 2.45) is 5.92 Å². The fourth-order valence-corrected chi connectivity index (χ4v) is 2.92. The summed E-state index contributed by atoms with van der Waals surface area (Å²) >= 11 is 0. The molecule has 25 heavy (non-hydrogen) atoms. The zero-order valence-electron chi connectivity index (χ0n) is 14.2. The summed E-state index contributed by atoms with van der Waals surface area (Å²) in [5, 5.41) is 0. The Morgan fingerprint density at radius 3 is 2.56 bits per heavy atom. The van der Waals surface area contributed by atoms with Crippen LogP contribution in [0, 0.1) is 19.8 Å². The zero-order chi connectivity index (χ0) is 18.0. The van der Waals surface area contributed by atoms with E-state index in [-0.39, 0.29) is 12.3 Å². The van der Waals surface area contributed by atoms with E-state index in [2.05, 4.69) is 0 Å². The number of aldehydes is 1. The number of carbonyl (C=O) groups is 3. The van der Waals surface area contributed by atoms with E-state index in [0.717, 1.165) is 23.1 Å². The molecule has 1 aliphatic heterocycles. The van der Waals surface area contributed by atoms with Gasteiger partial charge >= 0.3 is 5.97 Å². The van der Waals surface area contributed by atoms with Crippen LogP contribution in [0.15, 0.2) is 42.5 Å². The van der Waals surface area contributed by atoms with Gasteiger partial charge in [0.15, 0.2) is 0 Å². The molecule has 0 aliphatic carbocycles. The lowest BCUT2D eigenvalue weighted by Gasteiger charge is -2.19. The summed E-state index contributed by atoms with van der Waals surface area (Å²) in [6.07, 6.45) is 0.863. The van der Waals surface area contributed by atoms with Crippen molar-refractivity contribution in [2.45, 2.75) is 20.3 Å². The highest BCUT2D eigenvalue weighted by Crippen LogP contribution is 2.29. The Morgan fingerprint density at radius 1 is 1.16 bits per heavy atom. The standard InChI is InChI=1S/C20H19NO4/c1-13-3-4-14(2)18(9-13)21-11-16(10-19(21)23)20(24)25-17-7-5-15(12-22)6-8-17/h3-9,12,16H,10-11H2,1-2H3/t16-/m1/s1. The molecule has 2 aromatic rings. The molecule has 0 saturated carbocycles. The third-order valence-corrected chi connectivity index (χ3v) is 4.35. The lowest BCUT2D eigenvalue weighted by molar-refractivity contribution is -0.139. The Balaban J connectivity index is 1.71. The highest BCUT2D eigenvalue weighted by molar-refractivity contribution is 6.00. The first kappa shape index (κ1) is 16.9. The number of esters is 1. The summed E-state index contributed by atoms with van der Waals surface area (Å²) in [5.74, 6) is -0.640. The average molecular weight is 337 g/mol. The summed E-state index contributed by atoms with van der Waals surface area (Å²) in [4.78, 5) is 37.1. The monoisotopic (exact) mass is 337 g/mol. The summed E-state index contributed by atoms with van der Waals surface area (Å²) in [7, 11) is 0. The summed E-state index contributed by atoms with van der Waals surface area (Å²) < 4.78 is 5.35. The number of benzene rings is 2. The predicted molar refractivity (Wildman–Crippen MR) is 93.8 cm³/mol. The molecule has 0 aromatic heterocycles. The van der Waals surface area contributed by atoms with Crippen LogP contribution in [0.3, 0.4) is 0 Å². The molecule has 1 heterocycles. The molecule has 128 valence electrons. The molecule has 0 N–H and O–H groups in total. The molecule has 3 rings (SSSR count). The zero-order valence-corrected chi connectivity index (χ0v) is 14.2. The second-order valence-electron chi connectivity index (χ2n) is 6.30. The number of hydrogen-bond donors (Lipinski definition) is 0. The first-order valence-corrected chi connectivity index (χ1v) is 8.12. The van der Waals surface area contributed by atoms with Crippen molar-refractivity contribution in [3.8, 4) is 5.75 Å². The van der Waals surface area contributed by atoms with Gasteiger partial charge in [0.1, 0.15) is 12.0 Å². The minimum absolute atomic E-state index is 0.0769. The van der Waals surface area contributed by atoms with Gasteiger partial charge in [0.2, 0.25) is 5.91 Å². The SMILES string of the molecule is Cc1ccc(C)c(N2C[C@H](C(=O)Oc3ccc(C=O)cc3)CC2=O)c1. The number of carbonyl (C=O) groups excluding carboxylic acids is 3. The number of rotatable bonds is 4. The third-order valence-electron chi connectivity index (χ3n) is 4.35. The van der Waals surface area contributed by atoms with Gasteiger partial charge in [0.05, 0.1) is 5.92 Å². The third kappa shape index (κ3) is 3.60. The number of hydrogen-bond acceptors (Lipinski definition) is 4. The molecule has 1 saturated heterocycles. The molecule has 1 aliphatic rings. The van der Waals surface area contributed by atoms with Crippen LogP contribution in [0.2, 0.25) is 0 Å². The second-order valence-corrected chi connectivity index (χ2v) is 6.30. The Labute approximate surface area is 146 Å². The van der Waals surface area contributed by atoms with E-state index in [9.17, 15) is 14.4 Å². The van der Waals surface area contributed by atoms with E-state index in [1.807, 2.05) is 32.0 Å². The largest absolute Gasteiger partial charge is 0.426 e. The van der Waals surface area contributed by atoms with Gasteiger partial charge in [0.25, 0.3) is 0 Å². The minimum Gasteiger partial charge on any atom is -0.426 e. The molecule has 1 atom stereocenters. The molecule has 1 amide bonds. The Kier molecular flexibility index (Phi) is 4.65. The Bertz CT molecular complexity index is 826. The predicted octanol–water partition coefficient (Wildman–Crippen LogP) is 3.07. The normalized spacial score (nSPS) is 16.8. The van der Waals surface area contributed by atoms with Gasteiger partial charge < -0.3 is 9.64 Å². The van der Waals surface area contributed by atoms with Crippen LogP contribution >= 0.6 is 0 Å². The maximum atomic E-state index is 12.4. The van der Waals surface area contributed by atoms with Crippen molar-refractivity contribution in [3.05, 3.63) is 59.2 Å². The molecule has 1 fully saturated rings. The van der Waals surface area contributed by atoms with Gasteiger partial charge in [-0.1, -0.05) is 12.1 Å². The van der Waals surface area contributed by atoms with E-state index >= 15 is 0 Å². The maximum absolute atomic E-state index is 12.4. The van der Waals surface area contributed by atoms with E-state index in [4.69, 9.17) is 4.74 Å². The highest BCUT2D eigenvalue weighted by Gasteiger charge is 2.36. The van der Waals surface area contributed by atoms with Crippen molar-refractivity contribution in [1.29, 1.82) is 0 Å². The van der Waals surface area contributed by atoms with E-state index in [1.165, 1.54) is 0 Å². The van der Waals surface area contributed by atoms with Crippen molar-refractivity contribution in [1.82, 2.24) is 0 Å². The lowest BCUT2D eigenvalue weighted by Crippen LogP contribution is -2.27. The number of aryl methyl sites for hydroxylation is 2. The lowest BCUT2D eigenvalue weighted by atomic mass is 10.1. The first-order chi connectivity index (χ1) is 12.0. The van der Waals surface area contributed by atoms with Crippen LogP contribution in [0.25, 0.3) is 0 Å². The smallest absolute Gasteiger partial charge is 0.316 e. The molecule has 0 unspecified atom stereocenters. The second kappa shape index (κ2) is 6.89. The molecule has 0 radical (unpaired) electrons. The van der Waals surface area contributed by atoms with Crippen molar-refractivity contribution in [2.75, 3.05) is 11.4 Å². The van der Waals surface area contributed by atoms with Crippen molar-refractivity contribution in [3.63, 3.8) is 0 Å². The van der Waals surface area contributed by atoms with E-state index in [1.54, 1.807) is 29.2 Å². The van der Waals surface area contributed by atoms with Gasteiger partial charge in [-0.25, -0.2) is 0 Å². The van der Waals surface area contributed by atoms with Crippen molar-refractivity contribution < 1.29 is 19.1 Å². The summed E-state index contributed by atoms with van der Waals surface area (Å²) in [5.41, 5.74) is 3.42. The van der Waals surface area contributed by atoms with Crippen LogP contribution in [0.5, 0.6) is 5.75 Å². The van der Waals surface area contributed by atoms with Gasteiger partial charge in [-0.05, 0) is 55.3 Å². The summed E-state index contributed by atoms with van der Waals surface area (Å²) in [6, 6.07) is 12.2. The fraction of sp³-hybridized carbons (Fsp3) is 0.250. The molecule has 5 heteroatoms. The molecule has 0 spiro atoms. The van der Waals surface area contributed by atoms with Crippen LogP contribution in [0.1, 0.15) is 27.9 Å². The number of amides is 1. The summed E-state index contributed by atoms with van der Waals surface area (Å²) in [6.45, 7) is 4.23. The van der Waals surface area contributed by atoms with Gasteiger partial charge in [0, 0.05) is 24.2 Å². The maximum Gasteiger partial charge on any atom is 0.316 e. The topological polar surface area (TPSA) is 63.7 Å². The molecule has 5 nitrogen and oxygen atoms in total. The first-order valence-electron chi connectivity index (χ1n) is 8.12. The van der Waals surface area contributed by atoms with Crippen LogP contribution in [0.4, 0.5) is 5.69 Å². The Morgan fingerprint density at radius 2 is 1.88 bits per heavy atom. The Hall–Kier alpha value is -2.95. The average Bonchev–Trinajstić information content (AvgIpc) is 2.99. The van der Waals surface area contributed by atoms with Crippen molar-refractivity contribution >= 4 is 23.9 Å². The van der Waals surface area contributed by atoms with Crippen LogP contribution in [-0.2, 0) is 9.59 Å². The van der Waals surface area contributed by atoms with E-state index in [0.29, 0.717) is 17.9 Å². The molecule has 0 bridgehead atoms. The quantitative estimate of drug-likeness (QED) is 0.489. The molecular formula is C20H19NO4. The van der Waals surface area contributed by atoms with Gasteiger partial charge in [-0.2, -0.15) is 0 Å². The molecular weight excluding hydrogens is 318 g/mol. The number of nitrogens with zero attached hydrogens (tertiary/aromatic N) is 1.